The minimum absolute atomic E-state index is 0.101. The van der Waals surface area contributed by atoms with Crippen molar-refractivity contribution in [2.24, 2.45) is 0 Å². The molecular weight excluding hydrogens is 258 g/mol. The van der Waals surface area contributed by atoms with Crippen molar-refractivity contribution in [1.29, 1.82) is 0 Å². The van der Waals surface area contributed by atoms with E-state index in [-0.39, 0.29) is 5.75 Å². The van der Waals surface area contributed by atoms with Gasteiger partial charge in [0.1, 0.15) is 6.04 Å². The van der Waals surface area contributed by atoms with Crippen molar-refractivity contribution < 1.29 is 18.9 Å². The first-order valence-corrected chi connectivity index (χ1v) is 6.80. The highest BCUT2D eigenvalue weighted by Gasteiger charge is 2.21. The van der Waals surface area contributed by atoms with E-state index in [0.29, 0.717) is 12.3 Å². The van der Waals surface area contributed by atoms with E-state index >= 15 is 0 Å². The molecular formula is C10H15N3O4S. The Labute approximate surface area is 107 Å². The van der Waals surface area contributed by atoms with Gasteiger partial charge in [-0.05, 0) is 6.07 Å². The molecule has 18 heavy (non-hydrogen) atoms. The van der Waals surface area contributed by atoms with Gasteiger partial charge in [0.15, 0.2) is 0 Å². The molecule has 0 aliphatic rings. The Morgan fingerprint density at radius 2 is 2.28 bits per heavy atom. The lowest BCUT2D eigenvalue weighted by Gasteiger charge is -2.12. The van der Waals surface area contributed by atoms with Gasteiger partial charge < -0.3 is 10.4 Å². The van der Waals surface area contributed by atoms with Crippen molar-refractivity contribution in [3.8, 4) is 0 Å². The minimum atomic E-state index is -1.33. The SMILES string of the molecule is CC(=O)NC(CS(=O)CCn1cccn1)C(=O)O. The number of nitrogens with one attached hydrogen (secondary N) is 1. The number of rotatable bonds is 7. The molecule has 1 aromatic heterocycles. The number of nitrogens with zero attached hydrogens (tertiary/aromatic N) is 2. The summed E-state index contributed by atoms with van der Waals surface area (Å²) in [6.07, 6.45) is 3.35. The van der Waals surface area contributed by atoms with Crippen molar-refractivity contribution >= 4 is 22.7 Å². The molecule has 1 amide bonds. The fourth-order valence-corrected chi connectivity index (χ4v) is 2.47. The van der Waals surface area contributed by atoms with Crippen molar-refractivity contribution in [2.75, 3.05) is 11.5 Å². The van der Waals surface area contributed by atoms with Crippen LogP contribution < -0.4 is 5.32 Å². The fourth-order valence-electron chi connectivity index (χ4n) is 1.32. The number of aryl methyl sites for hydroxylation is 1. The minimum Gasteiger partial charge on any atom is -0.480 e. The molecule has 0 aliphatic carbocycles. The second-order valence-corrected chi connectivity index (χ2v) is 5.29. The number of carboxylic acids is 1. The Bertz CT molecular complexity index is 432. The lowest BCUT2D eigenvalue weighted by molar-refractivity contribution is -0.140. The number of amides is 1. The average molecular weight is 273 g/mol. The van der Waals surface area contributed by atoms with Crippen LogP contribution in [0.25, 0.3) is 0 Å². The number of hydrogen-bond acceptors (Lipinski definition) is 4. The molecule has 7 nitrogen and oxygen atoms in total. The van der Waals surface area contributed by atoms with Crippen LogP contribution >= 0.6 is 0 Å². The molecule has 0 bridgehead atoms. The van der Waals surface area contributed by atoms with Crippen LogP contribution in [0.15, 0.2) is 18.5 Å². The molecule has 0 saturated carbocycles. The summed E-state index contributed by atoms with van der Waals surface area (Å²) in [5.74, 6) is -1.44. The first-order valence-electron chi connectivity index (χ1n) is 5.31. The summed E-state index contributed by atoms with van der Waals surface area (Å²) < 4.78 is 13.3. The standard InChI is InChI=1S/C10H15N3O4S/c1-8(14)12-9(10(15)16)7-18(17)6-5-13-4-2-3-11-13/h2-4,9H,5-7H2,1H3,(H,12,14)(H,15,16). The highest BCUT2D eigenvalue weighted by molar-refractivity contribution is 7.85. The zero-order valence-electron chi connectivity index (χ0n) is 9.91. The van der Waals surface area contributed by atoms with Gasteiger partial charge in [-0.1, -0.05) is 0 Å². The molecule has 2 unspecified atom stereocenters. The molecule has 0 fully saturated rings. The molecule has 0 radical (unpaired) electrons. The lowest BCUT2D eigenvalue weighted by atomic mass is 10.3. The summed E-state index contributed by atoms with van der Waals surface area (Å²) >= 11 is 0. The maximum absolute atomic E-state index is 11.7. The highest BCUT2D eigenvalue weighted by Crippen LogP contribution is 1.94. The first-order chi connectivity index (χ1) is 8.49. The molecule has 100 valence electrons. The van der Waals surface area contributed by atoms with Crippen molar-refractivity contribution in [1.82, 2.24) is 15.1 Å². The Morgan fingerprint density at radius 1 is 1.56 bits per heavy atom. The van der Waals surface area contributed by atoms with E-state index in [0.717, 1.165) is 0 Å². The van der Waals surface area contributed by atoms with Gasteiger partial charge in [-0.25, -0.2) is 4.79 Å². The normalized spacial score (nSPS) is 13.8. The lowest BCUT2D eigenvalue weighted by Crippen LogP contribution is -2.43. The summed E-state index contributed by atoms with van der Waals surface area (Å²) in [5, 5.41) is 15.1. The molecule has 0 spiro atoms. The molecule has 8 heteroatoms. The monoisotopic (exact) mass is 273 g/mol. The molecule has 1 heterocycles. The Kier molecular flexibility index (Phi) is 5.50. The average Bonchev–Trinajstić information content (AvgIpc) is 2.77. The topological polar surface area (TPSA) is 101 Å². The van der Waals surface area contributed by atoms with E-state index in [9.17, 15) is 13.8 Å². The van der Waals surface area contributed by atoms with Crippen molar-refractivity contribution in [3.05, 3.63) is 18.5 Å². The van der Waals surface area contributed by atoms with Crippen LogP contribution in [-0.2, 0) is 26.9 Å². The van der Waals surface area contributed by atoms with Crippen LogP contribution in [-0.4, -0.2) is 48.5 Å². The summed E-state index contributed by atoms with van der Waals surface area (Å²) in [6.45, 7) is 1.68. The van der Waals surface area contributed by atoms with Gasteiger partial charge in [0, 0.05) is 35.9 Å². The predicted molar refractivity (Wildman–Crippen MR) is 65.3 cm³/mol. The predicted octanol–water partition coefficient (Wildman–Crippen LogP) is -0.779. The van der Waals surface area contributed by atoms with Gasteiger partial charge in [0.05, 0.1) is 12.3 Å². The first kappa shape index (κ1) is 14.4. The number of hydrogen-bond donors (Lipinski definition) is 2. The molecule has 0 aliphatic heterocycles. The quantitative estimate of drug-likeness (QED) is 0.678. The van der Waals surface area contributed by atoms with Crippen LogP contribution in [0.1, 0.15) is 6.92 Å². The highest BCUT2D eigenvalue weighted by atomic mass is 32.2. The molecule has 0 saturated heterocycles. The summed E-state index contributed by atoms with van der Waals surface area (Å²) in [6, 6.07) is 0.640. The van der Waals surface area contributed by atoms with E-state index in [1.807, 2.05) is 0 Å². The Morgan fingerprint density at radius 3 is 2.78 bits per heavy atom. The zero-order chi connectivity index (χ0) is 13.5. The van der Waals surface area contributed by atoms with Crippen LogP contribution in [0.5, 0.6) is 0 Å². The number of carbonyl (C=O) groups excluding carboxylic acids is 1. The van der Waals surface area contributed by atoms with Crippen LogP contribution in [0.4, 0.5) is 0 Å². The molecule has 1 rings (SSSR count). The van der Waals surface area contributed by atoms with Gasteiger partial charge >= 0.3 is 5.97 Å². The summed E-state index contributed by atoms with van der Waals surface area (Å²) in [5.41, 5.74) is 0. The van der Waals surface area contributed by atoms with Crippen molar-refractivity contribution in [3.63, 3.8) is 0 Å². The van der Waals surface area contributed by atoms with Gasteiger partial charge in [0.2, 0.25) is 5.91 Å². The van der Waals surface area contributed by atoms with Crippen LogP contribution in [0.2, 0.25) is 0 Å². The van der Waals surface area contributed by atoms with Crippen LogP contribution in [0.3, 0.4) is 0 Å². The summed E-state index contributed by atoms with van der Waals surface area (Å²) in [4.78, 5) is 21.6. The molecule has 2 N–H and O–H groups in total. The largest absolute Gasteiger partial charge is 0.480 e. The van der Waals surface area contributed by atoms with Gasteiger partial charge in [-0.2, -0.15) is 5.10 Å². The second kappa shape index (κ2) is 6.90. The fraction of sp³-hybridized carbons (Fsp3) is 0.500. The smallest absolute Gasteiger partial charge is 0.327 e. The van der Waals surface area contributed by atoms with Crippen LogP contribution in [0, 0.1) is 0 Å². The van der Waals surface area contributed by atoms with Gasteiger partial charge in [-0.3, -0.25) is 13.7 Å². The Balaban J connectivity index is 2.41. The van der Waals surface area contributed by atoms with E-state index in [1.165, 1.54) is 6.92 Å². The van der Waals surface area contributed by atoms with E-state index in [1.54, 1.807) is 23.1 Å². The third-order valence-corrected chi connectivity index (χ3v) is 3.48. The zero-order valence-corrected chi connectivity index (χ0v) is 10.7. The number of aliphatic carboxylic acids is 1. The third-order valence-electron chi connectivity index (χ3n) is 2.14. The maximum Gasteiger partial charge on any atom is 0.327 e. The van der Waals surface area contributed by atoms with Crippen molar-refractivity contribution in [2.45, 2.75) is 19.5 Å². The molecule has 0 aromatic carbocycles. The van der Waals surface area contributed by atoms with E-state index < -0.39 is 28.7 Å². The molecule has 2 atom stereocenters. The van der Waals surface area contributed by atoms with Gasteiger partial charge in [0.25, 0.3) is 0 Å². The number of aromatic nitrogens is 2. The third kappa shape index (κ3) is 5.09. The summed E-state index contributed by atoms with van der Waals surface area (Å²) in [7, 11) is -1.33. The van der Waals surface area contributed by atoms with E-state index in [4.69, 9.17) is 5.11 Å². The maximum atomic E-state index is 11.7. The Hall–Kier alpha value is -1.70. The van der Waals surface area contributed by atoms with E-state index in [2.05, 4.69) is 10.4 Å². The molecule has 1 aromatic rings. The van der Waals surface area contributed by atoms with Gasteiger partial charge in [-0.15, -0.1) is 0 Å². The number of carboxylic acid groups (broad SMARTS) is 1. The number of carbonyl (C=O) groups is 2. The second-order valence-electron chi connectivity index (χ2n) is 3.67.